The van der Waals surface area contributed by atoms with Gasteiger partial charge in [0.15, 0.2) is 0 Å². The predicted octanol–water partition coefficient (Wildman–Crippen LogP) is 5.11. The number of likely N-dealkylation sites (tertiary alicyclic amines) is 1. The maximum Gasteiger partial charge on any atom is 0.244 e. The van der Waals surface area contributed by atoms with Crippen molar-refractivity contribution in [2.24, 2.45) is 5.92 Å². The molecular weight excluding hydrogens is 384 g/mol. The fraction of sp³-hybridized carbons (Fsp3) is 0.458. The highest BCUT2D eigenvalue weighted by Crippen LogP contribution is 2.31. The van der Waals surface area contributed by atoms with Crippen LogP contribution in [0.4, 0.5) is 0 Å². The van der Waals surface area contributed by atoms with E-state index in [2.05, 4.69) is 22.3 Å². The van der Waals surface area contributed by atoms with Crippen LogP contribution in [0.3, 0.4) is 0 Å². The van der Waals surface area contributed by atoms with Gasteiger partial charge in [-0.25, -0.2) is 0 Å². The van der Waals surface area contributed by atoms with Gasteiger partial charge in [0.2, 0.25) is 5.91 Å². The molecule has 1 N–H and O–H groups in total. The lowest BCUT2D eigenvalue weighted by molar-refractivity contribution is -0.117. The molecule has 1 aliphatic heterocycles. The van der Waals surface area contributed by atoms with Crippen LogP contribution in [0.15, 0.2) is 53.2 Å². The van der Waals surface area contributed by atoms with Gasteiger partial charge < -0.3 is 14.6 Å². The Morgan fingerprint density at radius 1 is 1.14 bits per heavy atom. The quantitative estimate of drug-likeness (QED) is 0.670. The zero-order valence-electron chi connectivity index (χ0n) is 16.7. The summed E-state index contributed by atoms with van der Waals surface area (Å²) in [7, 11) is 0. The number of nitrogens with zero attached hydrogens (tertiary/aromatic N) is 1. The number of carbonyl (C=O) groups excluding carboxylic acids is 1. The summed E-state index contributed by atoms with van der Waals surface area (Å²) in [5, 5.41) is 3.96. The normalized spacial score (nSPS) is 23.6. The number of hydrogen-bond donors (Lipinski definition) is 1. The molecule has 1 saturated carbocycles. The van der Waals surface area contributed by atoms with Gasteiger partial charge in [-0.05, 0) is 92.9 Å². The van der Waals surface area contributed by atoms with E-state index in [9.17, 15) is 4.79 Å². The molecule has 0 spiro atoms. The first kappa shape index (κ1) is 20.2. The van der Waals surface area contributed by atoms with E-state index in [4.69, 9.17) is 16.0 Å². The molecule has 1 aliphatic carbocycles. The number of benzene rings is 1. The van der Waals surface area contributed by atoms with Crippen molar-refractivity contribution >= 4 is 23.6 Å². The molecule has 0 radical (unpaired) electrons. The molecule has 154 valence electrons. The van der Waals surface area contributed by atoms with Gasteiger partial charge in [-0.15, -0.1) is 0 Å². The Labute approximate surface area is 177 Å². The maximum atomic E-state index is 12.1. The third kappa shape index (κ3) is 5.74. The van der Waals surface area contributed by atoms with Crippen LogP contribution in [0.1, 0.15) is 49.3 Å². The summed E-state index contributed by atoms with van der Waals surface area (Å²) in [6.07, 6.45) is 10.7. The van der Waals surface area contributed by atoms with E-state index >= 15 is 0 Å². The molecule has 1 saturated heterocycles. The van der Waals surface area contributed by atoms with Crippen molar-refractivity contribution in [1.29, 1.82) is 0 Å². The average molecular weight is 413 g/mol. The van der Waals surface area contributed by atoms with Crippen molar-refractivity contribution in [3.8, 4) is 0 Å². The van der Waals surface area contributed by atoms with Crippen LogP contribution in [0.25, 0.3) is 6.08 Å². The fourth-order valence-corrected chi connectivity index (χ4v) is 4.84. The topological polar surface area (TPSA) is 45.5 Å². The molecule has 1 amide bonds. The Kier molecular flexibility index (Phi) is 6.73. The lowest BCUT2D eigenvalue weighted by Gasteiger charge is -2.33. The molecule has 0 unspecified atom stereocenters. The second-order valence-corrected chi connectivity index (χ2v) is 8.80. The van der Waals surface area contributed by atoms with Crippen molar-refractivity contribution < 1.29 is 9.21 Å². The number of halogens is 1. The molecule has 2 aliphatic rings. The lowest BCUT2D eigenvalue weighted by Crippen LogP contribution is -2.37. The van der Waals surface area contributed by atoms with Gasteiger partial charge in [0.25, 0.3) is 0 Å². The van der Waals surface area contributed by atoms with Crippen molar-refractivity contribution in [2.45, 2.75) is 44.1 Å². The van der Waals surface area contributed by atoms with Crippen molar-refractivity contribution in [3.05, 3.63) is 65.1 Å². The number of carbonyl (C=O) groups is 1. The molecule has 29 heavy (non-hydrogen) atoms. The third-order valence-corrected chi connectivity index (χ3v) is 6.53. The van der Waals surface area contributed by atoms with Crippen molar-refractivity contribution in [3.63, 3.8) is 0 Å². The van der Waals surface area contributed by atoms with Crippen LogP contribution < -0.4 is 5.32 Å². The van der Waals surface area contributed by atoms with E-state index < -0.39 is 0 Å². The Bertz CT molecular complexity index is 808. The number of rotatable bonds is 6. The summed E-state index contributed by atoms with van der Waals surface area (Å²) in [5.41, 5.74) is 1.42. The van der Waals surface area contributed by atoms with Gasteiger partial charge in [0, 0.05) is 23.7 Å². The zero-order valence-corrected chi connectivity index (χ0v) is 17.5. The molecule has 2 fully saturated rings. The van der Waals surface area contributed by atoms with Gasteiger partial charge in [0.1, 0.15) is 5.76 Å². The number of piperidine rings is 1. The summed E-state index contributed by atoms with van der Waals surface area (Å²) in [6, 6.07) is 12.3. The predicted molar refractivity (Wildman–Crippen MR) is 117 cm³/mol. The molecule has 4 nitrogen and oxygen atoms in total. The summed E-state index contributed by atoms with van der Waals surface area (Å²) in [4.78, 5) is 14.7. The van der Waals surface area contributed by atoms with E-state index in [0.29, 0.717) is 23.6 Å². The molecule has 2 heterocycles. The first-order valence-electron chi connectivity index (χ1n) is 10.7. The van der Waals surface area contributed by atoms with Crippen molar-refractivity contribution in [1.82, 2.24) is 10.2 Å². The Hall–Kier alpha value is -2.04. The fourth-order valence-electron chi connectivity index (χ4n) is 4.71. The van der Waals surface area contributed by atoms with Gasteiger partial charge in [-0.3, -0.25) is 4.79 Å². The molecule has 2 atom stereocenters. The average Bonchev–Trinajstić information content (AvgIpc) is 3.40. The molecule has 1 aromatic heterocycles. The Morgan fingerprint density at radius 2 is 1.93 bits per heavy atom. The van der Waals surface area contributed by atoms with E-state index in [1.54, 1.807) is 18.4 Å². The second-order valence-electron chi connectivity index (χ2n) is 8.36. The second kappa shape index (κ2) is 9.64. The van der Waals surface area contributed by atoms with Crippen LogP contribution in [0, 0.1) is 5.92 Å². The molecule has 1 aromatic carbocycles. The summed E-state index contributed by atoms with van der Waals surface area (Å²) >= 11 is 6.01. The first-order valence-corrected chi connectivity index (χ1v) is 11.0. The summed E-state index contributed by atoms with van der Waals surface area (Å²) < 4.78 is 5.22. The van der Waals surface area contributed by atoms with Gasteiger partial charge in [-0.1, -0.05) is 23.7 Å². The Balaban J connectivity index is 1.18. The van der Waals surface area contributed by atoms with E-state index in [1.807, 2.05) is 24.3 Å². The highest BCUT2D eigenvalue weighted by atomic mass is 35.5. The molecule has 2 aromatic rings. The van der Waals surface area contributed by atoms with E-state index in [1.165, 1.54) is 24.8 Å². The summed E-state index contributed by atoms with van der Waals surface area (Å²) in [6.45, 7) is 3.47. The highest BCUT2D eigenvalue weighted by molar-refractivity contribution is 6.30. The van der Waals surface area contributed by atoms with Gasteiger partial charge >= 0.3 is 0 Å². The van der Waals surface area contributed by atoms with Crippen LogP contribution in [0.2, 0.25) is 5.02 Å². The van der Waals surface area contributed by atoms with Crippen LogP contribution >= 0.6 is 11.6 Å². The number of amides is 1. The smallest absolute Gasteiger partial charge is 0.244 e. The minimum absolute atomic E-state index is 0.0316. The molecule has 4 rings (SSSR count). The minimum Gasteiger partial charge on any atom is -0.465 e. The first-order chi connectivity index (χ1) is 14.2. The van der Waals surface area contributed by atoms with Gasteiger partial charge in [0.05, 0.1) is 6.26 Å². The Morgan fingerprint density at radius 3 is 2.66 bits per heavy atom. The van der Waals surface area contributed by atoms with Gasteiger partial charge in [-0.2, -0.15) is 0 Å². The van der Waals surface area contributed by atoms with E-state index in [0.717, 1.165) is 37.5 Å². The SMILES string of the molecule is O=C(/C=C/c1ccco1)N[C@@H]1CC[C@H](CN2CCC(c3ccc(Cl)cc3)CC2)C1. The maximum absolute atomic E-state index is 12.1. The number of hydrogen-bond acceptors (Lipinski definition) is 3. The van der Waals surface area contributed by atoms with Crippen LogP contribution in [0.5, 0.6) is 0 Å². The molecule has 0 bridgehead atoms. The number of furan rings is 1. The monoisotopic (exact) mass is 412 g/mol. The third-order valence-electron chi connectivity index (χ3n) is 6.28. The lowest BCUT2D eigenvalue weighted by atomic mass is 9.89. The standard InChI is InChI=1S/C24H29ClN2O2/c25-21-6-4-19(5-7-21)20-11-13-27(14-12-20)17-18-3-8-22(16-18)26-24(28)10-9-23-2-1-15-29-23/h1-2,4-7,9-10,15,18,20,22H,3,8,11-14,16-17H2,(H,26,28)/b10-9+/t18-,22+/m0/s1. The summed E-state index contributed by atoms with van der Waals surface area (Å²) in [5.74, 6) is 2.00. The van der Waals surface area contributed by atoms with E-state index in [-0.39, 0.29) is 5.91 Å². The largest absolute Gasteiger partial charge is 0.465 e. The zero-order chi connectivity index (χ0) is 20.1. The van der Waals surface area contributed by atoms with Crippen LogP contribution in [-0.2, 0) is 4.79 Å². The van der Waals surface area contributed by atoms with Crippen molar-refractivity contribution in [2.75, 3.05) is 19.6 Å². The highest BCUT2D eigenvalue weighted by Gasteiger charge is 2.28. The molecule has 5 heteroatoms. The number of nitrogens with one attached hydrogen (secondary N) is 1. The molecular formula is C24H29ClN2O2. The minimum atomic E-state index is -0.0316. The van der Waals surface area contributed by atoms with Crippen LogP contribution in [-0.4, -0.2) is 36.5 Å².